The second-order valence-corrected chi connectivity index (χ2v) is 6.57. The molecule has 1 N–H and O–H groups in total. The molecule has 1 heterocycles. The van der Waals surface area contributed by atoms with E-state index >= 15 is 0 Å². The lowest BCUT2D eigenvalue weighted by atomic mass is 9.90. The van der Waals surface area contributed by atoms with Crippen LogP contribution < -0.4 is 5.32 Å². The molecular formula is C16H23BrN2O2. The number of nitrogens with zero attached hydrogens (tertiary/aromatic N) is 1. The summed E-state index contributed by atoms with van der Waals surface area (Å²) >= 11 is 3.44. The van der Waals surface area contributed by atoms with Gasteiger partial charge in [0.25, 0.3) is 0 Å². The minimum atomic E-state index is -0.616. The zero-order valence-corrected chi connectivity index (χ0v) is 14.3. The lowest BCUT2D eigenvalue weighted by molar-refractivity contribution is -0.154. The molecule has 5 heteroatoms. The van der Waals surface area contributed by atoms with Gasteiger partial charge in [0.15, 0.2) is 0 Å². The first-order chi connectivity index (χ1) is 10.1. The van der Waals surface area contributed by atoms with Gasteiger partial charge in [0.05, 0.1) is 7.11 Å². The predicted octanol–water partition coefficient (Wildman–Crippen LogP) is 2.22. The molecule has 0 radical (unpaired) electrons. The van der Waals surface area contributed by atoms with Crippen LogP contribution >= 0.6 is 15.9 Å². The van der Waals surface area contributed by atoms with Crippen molar-refractivity contribution in [1.82, 2.24) is 10.2 Å². The first-order valence-corrected chi connectivity index (χ1v) is 8.14. The molecule has 1 atom stereocenters. The lowest BCUT2D eigenvalue weighted by Crippen LogP contribution is -2.55. The monoisotopic (exact) mass is 354 g/mol. The summed E-state index contributed by atoms with van der Waals surface area (Å²) in [5, 5.41) is 3.38. The Bertz CT molecular complexity index is 470. The van der Waals surface area contributed by atoms with E-state index in [0.717, 1.165) is 42.6 Å². The van der Waals surface area contributed by atoms with Crippen LogP contribution in [-0.2, 0) is 16.0 Å². The Kier molecular flexibility index (Phi) is 5.79. The molecule has 0 aromatic heterocycles. The van der Waals surface area contributed by atoms with E-state index in [1.807, 2.05) is 19.1 Å². The number of methoxy groups -OCH3 is 1. The number of hydrogen-bond donors (Lipinski definition) is 1. The van der Waals surface area contributed by atoms with Crippen LogP contribution in [0.15, 0.2) is 28.7 Å². The zero-order chi connectivity index (χ0) is 15.3. The standard InChI is InChI=1S/C16H23BrN2O2/c1-16(15(20)21-2,19-10-3-8-18-9-11-19)12-13-4-6-14(17)7-5-13/h4-7,18H,3,8-12H2,1-2H3. The fraction of sp³-hybridized carbons (Fsp3) is 0.562. The second-order valence-electron chi connectivity index (χ2n) is 5.66. The molecule has 0 bridgehead atoms. The molecule has 1 unspecified atom stereocenters. The number of rotatable bonds is 4. The molecule has 21 heavy (non-hydrogen) atoms. The highest BCUT2D eigenvalue weighted by Gasteiger charge is 2.40. The maximum absolute atomic E-state index is 12.4. The molecule has 4 nitrogen and oxygen atoms in total. The van der Waals surface area contributed by atoms with Crippen molar-refractivity contribution >= 4 is 21.9 Å². The third-order valence-electron chi connectivity index (χ3n) is 4.12. The molecule has 0 saturated carbocycles. The quantitative estimate of drug-likeness (QED) is 0.841. The highest BCUT2D eigenvalue weighted by Crippen LogP contribution is 2.24. The van der Waals surface area contributed by atoms with Crippen LogP contribution in [0.5, 0.6) is 0 Å². The number of benzene rings is 1. The summed E-state index contributed by atoms with van der Waals surface area (Å²) in [7, 11) is 1.47. The molecule has 1 aromatic carbocycles. The van der Waals surface area contributed by atoms with Crippen molar-refractivity contribution in [3.8, 4) is 0 Å². The van der Waals surface area contributed by atoms with E-state index in [-0.39, 0.29) is 5.97 Å². The molecule has 116 valence electrons. The second kappa shape index (κ2) is 7.38. The van der Waals surface area contributed by atoms with Gasteiger partial charge in [-0.25, -0.2) is 0 Å². The van der Waals surface area contributed by atoms with Crippen LogP contribution in [0.4, 0.5) is 0 Å². The van der Waals surface area contributed by atoms with Crippen molar-refractivity contribution in [2.45, 2.75) is 25.3 Å². The van der Waals surface area contributed by atoms with Gasteiger partial charge in [-0.1, -0.05) is 28.1 Å². The molecule has 0 spiro atoms. The third-order valence-corrected chi connectivity index (χ3v) is 4.65. The molecule has 1 aliphatic rings. The van der Waals surface area contributed by atoms with Gasteiger partial charge in [0, 0.05) is 30.5 Å². The van der Waals surface area contributed by atoms with E-state index in [1.54, 1.807) is 0 Å². The number of ether oxygens (including phenoxy) is 1. The van der Waals surface area contributed by atoms with Crippen molar-refractivity contribution in [2.24, 2.45) is 0 Å². The number of nitrogens with one attached hydrogen (secondary N) is 1. The van der Waals surface area contributed by atoms with Crippen LogP contribution in [0, 0.1) is 0 Å². The largest absolute Gasteiger partial charge is 0.468 e. The molecule has 1 fully saturated rings. The Hall–Kier alpha value is -0.910. The Labute approximate surface area is 135 Å². The minimum Gasteiger partial charge on any atom is -0.468 e. The van der Waals surface area contributed by atoms with Crippen LogP contribution in [0.3, 0.4) is 0 Å². The maximum Gasteiger partial charge on any atom is 0.326 e. The fourth-order valence-electron chi connectivity index (χ4n) is 2.87. The van der Waals surface area contributed by atoms with Gasteiger partial charge in [-0.2, -0.15) is 0 Å². The van der Waals surface area contributed by atoms with Crippen molar-refractivity contribution in [3.05, 3.63) is 34.3 Å². The van der Waals surface area contributed by atoms with Gasteiger partial charge >= 0.3 is 5.97 Å². The summed E-state index contributed by atoms with van der Waals surface area (Å²) in [5.74, 6) is -0.160. The molecule has 2 rings (SSSR count). The maximum atomic E-state index is 12.4. The summed E-state index contributed by atoms with van der Waals surface area (Å²) in [6.45, 7) is 5.68. The van der Waals surface area contributed by atoms with Gasteiger partial charge in [-0.15, -0.1) is 0 Å². The smallest absolute Gasteiger partial charge is 0.326 e. The summed E-state index contributed by atoms with van der Waals surface area (Å²) < 4.78 is 6.14. The number of carbonyl (C=O) groups is 1. The average molecular weight is 355 g/mol. The lowest BCUT2D eigenvalue weighted by Gasteiger charge is -2.38. The van der Waals surface area contributed by atoms with Gasteiger partial charge in [0.2, 0.25) is 0 Å². The molecule has 1 saturated heterocycles. The highest BCUT2D eigenvalue weighted by atomic mass is 79.9. The molecular weight excluding hydrogens is 332 g/mol. The van der Waals surface area contributed by atoms with Crippen LogP contribution in [0.2, 0.25) is 0 Å². The summed E-state index contributed by atoms with van der Waals surface area (Å²) in [5.41, 5.74) is 0.525. The van der Waals surface area contributed by atoms with Crippen molar-refractivity contribution < 1.29 is 9.53 Å². The molecule has 1 aromatic rings. The van der Waals surface area contributed by atoms with E-state index in [0.29, 0.717) is 6.42 Å². The number of esters is 1. The average Bonchev–Trinajstić information content (AvgIpc) is 2.78. The summed E-state index contributed by atoms with van der Waals surface area (Å²) in [6.07, 6.45) is 1.71. The van der Waals surface area contributed by atoms with Crippen molar-refractivity contribution in [2.75, 3.05) is 33.3 Å². The topological polar surface area (TPSA) is 41.6 Å². The Morgan fingerprint density at radius 2 is 2.05 bits per heavy atom. The predicted molar refractivity (Wildman–Crippen MR) is 87.3 cm³/mol. The molecule has 0 amide bonds. The Morgan fingerprint density at radius 3 is 2.71 bits per heavy atom. The Morgan fingerprint density at radius 1 is 1.33 bits per heavy atom. The fourth-order valence-corrected chi connectivity index (χ4v) is 3.14. The highest BCUT2D eigenvalue weighted by molar-refractivity contribution is 9.10. The van der Waals surface area contributed by atoms with E-state index in [1.165, 1.54) is 7.11 Å². The normalized spacial score (nSPS) is 19.6. The number of carbonyl (C=O) groups excluding carboxylic acids is 1. The molecule has 0 aliphatic carbocycles. The third kappa shape index (κ3) is 4.05. The minimum absolute atomic E-state index is 0.160. The zero-order valence-electron chi connectivity index (χ0n) is 12.7. The van der Waals surface area contributed by atoms with E-state index < -0.39 is 5.54 Å². The number of hydrogen-bond acceptors (Lipinski definition) is 4. The van der Waals surface area contributed by atoms with Gasteiger partial charge < -0.3 is 10.1 Å². The van der Waals surface area contributed by atoms with E-state index in [9.17, 15) is 4.79 Å². The summed E-state index contributed by atoms with van der Waals surface area (Å²) in [4.78, 5) is 14.7. The van der Waals surface area contributed by atoms with Crippen LogP contribution in [-0.4, -0.2) is 49.7 Å². The Balaban J connectivity index is 2.23. The van der Waals surface area contributed by atoms with E-state index in [2.05, 4.69) is 38.3 Å². The number of halogens is 1. The first kappa shape index (κ1) is 16.5. The van der Waals surface area contributed by atoms with E-state index in [4.69, 9.17) is 4.74 Å². The first-order valence-electron chi connectivity index (χ1n) is 7.35. The summed E-state index contributed by atoms with van der Waals surface area (Å²) in [6, 6.07) is 8.14. The van der Waals surface area contributed by atoms with Gasteiger partial charge in [-0.3, -0.25) is 9.69 Å². The van der Waals surface area contributed by atoms with Gasteiger partial charge in [-0.05, 0) is 37.6 Å². The molecule has 1 aliphatic heterocycles. The van der Waals surface area contributed by atoms with Crippen molar-refractivity contribution in [3.63, 3.8) is 0 Å². The van der Waals surface area contributed by atoms with Crippen LogP contribution in [0.25, 0.3) is 0 Å². The van der Waals surface area contributed by atoms with Crippen LogP contribution in [0.1, 0.15) is 18.9 Å². The van der Waals surface area contributed by atoms with Gasteiger partial charge in [0.1, 0.15) is 5.54 Å². The SMILES string of the molecule is COC(=O)C(C)(Cc1ccc(Br)cc1)N1CCCNCC1. The van der Waals surface area contributed by atoms with Crippen molar-refractivity contribution in [1.29, 1.82) is 0 Å².